The van der Waals surface area contributed by atoms with Crippen LogP contribution in [0.3, 0.4) is 0 Å². The van der Waals surface area contributed by atoms with Crippen molar-refractivity contribution >= 4 is 5.69 Å². The molecule has 0 aliphatic heterocycles. The summed E-state index contributed by atoms with van der Waals surface area (Å²) in [6, 6.07) is 3.44. The van der Waals surface area contributed by atoms with Crippen molar-refractivity contribution < 1.29 is 9.47 Å². The van der Waals surface area contributed by atoms with Gasteiger partial charge in [0.05, 0.1) is 14.2 Å². The minimum absolute atomic E-state index is 0.604. The van der Waals surface area contributed by atoms with Crippen LogP contribution in [0, 0.1) is 6.92 Å². The van der Waals surface area contributed by atoms with E-state index in [0.717, 1.165) is 5.56 Å². The zero-order chi connectivity index (χ0) is 9.14. The van der Waals surface area contributed by atoms with Crippen molar-refractivity contribution in [3.8, 4) is 11.5 Å². The molecule has 0 fully saturated rings. The van der Waals surface area contributed by atoms with Gasteiger partial charge >= 0.3 is 0 Å². The van der Waals surface area contributed by atoms with Gasteiger partial charge in [0.2, 0.25) is 0 Å². The van der Waals surface area contributed by atoms with Gasteiger partial charge in [-0.2, -0.15) is 0 Å². The molecule has 3 nitrogen and oxygen atoms in total. The fourth-order valence-corrected chi connectivity index (χ4v) is 0.937. The predicted octanol–water partition coefficient (Wildman–Crippen LogP) is 1.47. The molecule has 0 spiro atoms. The maximum absolute atomic E-state index is 5.62. The standard InChI is InChI=1S/C9H12NO2/c1-6-4-8(11-2)9(12-3)5-7(6)10/h4-5H,1,10H2,2-3H3. The highest BCUT2D eigenvalue weighted by molar-refractivity contribution is 5.58. The van der Waals surface area contributed by atoms with Crippen LogP contribution in [0.2, 0.25) is 0 Å². The Bertz CT molecular complexity index is 255. The third kappa shape index (κ3) is 1.44. The highest BCUT2D eigenvalue weighted by Crippen LogP contribution is 2.31. The van der Waals surface area contributed by atoms with Gasteiger partial charge in [-0.15, -0.1) is 0 Å². The fourth-order valence-electron chi connectivity index (χ4n) is 0.937. The molecule has 0 saturated carbocycles. The van der Waals surface area contributed by atoms with E-state index in [1.54, 1.807) is 26.4 Å². The minimum atomic E-state index is 0.604. The summed E-state index contributed by atoms with van der Waals surface area (Å²) in [5.41, 5.74) is 6.97. The van der Waals surface area contributed by atoms with Gasteiger partial charge in [-0.1, -0.05) is 0 Å². The summed E-state index contributed by atoms with van der Waals surface area (Å²) < 4.78 is 10.1. The van der Waals surface area contributed by atoms with Gasteiger partial charge in [0.25, 0.3) is 0 Å². The molecule has 0 unspecified atom stereocenters. The number of benzene rings is 1. The average molecular weight is 166 g/mol. The minimum Gasteiger partial charge on any atom is -0.493 e. The summed E-state index contributed by atoms with van der Waals surface area (Å²) in [5.74, 6) is 1.28. The Morgan fingerprint density at radius 2 is 1.67 bits per heavy atom. The first-order valence-electron chi connectivity index (χ1n) is 3.52. The van der Waals surface area contributed by atoms with Crippen molar-refractivity contribution in [1.82, 2.24) is 0 Å². The summed E-state index contributed by atoms with van der Waals surface area (Å²) in [6.45, 7) is 3.74. The summed E-state index contributed by atoms with van der Waals surface area (Å²) in [7, 11) is 3.15. The molecular formula is C9H12NO2. The topological polar surface area (TPSA) is 44.5 Å². The van der Waals surface area contributed by atoms with Crippen molar-refractivity contribution in [2.45, 2.75) is 0 Å². The lowest BCUT2D eigenvalue weighted by Crippen LogP contribution is -1.95. The summed E-state index contributed by atoms with van der Waals surface area (Å²) in [5, 5.41) is 0. The van der Waals surface area contributed by atoms with Crippen molar-refractivity contribution in [3.05, 3.63) is 24.6 Å². The largest absolute Gasteiger partial charge is 0.493 e. The lowest BCUT2D eigenvalue weighted by atomic mass is 10.2. The monoisotopic (exact) mass is 166 g/mol. The second-order valence-electron chi connectivity index (χ2n) is 2.41. The van der Waals surface area contributed by atoms with Crippen molar-refractivity contribution in [2.75, 3.05) is 20.0 Å². The molecule has 0 atom stereocenters. The third-order valence-corrected chi connectivity index (χ3v) is 1.65. The van der Waals surface area contributed by atoms with E-state index in [-0.39, 0.29) is 0 Å². The van der Waals surface area contributed by atoms with Crippen molar-refractivity contribution in [3.63, 3.8) is 0 Å². The number of nitrogens with two attached hydrogens (primary N) is 1. The van der Waals surface area contributed by atoms with Crippen LogP contribution in [-0.4, -0.2) is 14.2 Å². The Hall–Kier alpha value is -1.38. The second-order valence-corrected chi connectivity index (χ2v) is 2.41. The summed E-state index contributed by atoms with van der Waals surface area (Å²) in [4.78, 5) is 0. The van der Waals surface area contributed by atoms with E-state index in [2.05, 4.69) is 6.92 Å². The first-order valence-corrected chi connectivity index (χ1v) is 3.52. The maximum atomic E-state index is 5.62. The molecule has 0 bridgehead atoms. The number of rotatable bonds is 2. The molecular weight excluding hydrogens is 154 g/mol. The SMILES string of the molecule is [CH2]c1cc(OC)c(OC)cc1N. The molecule has 1 aromatic rings. The molecule has 1 rings (SSSR count). The van der Waals surface area contributed by atoms with Crippen molar-refractivity contribution in [2.24, 2.45) is 0 Å². The van der Waals surface area contributed by atoms with E-state index in [0.29, 0.717) is 17.2 Å². The van der Waals surface area contributed by atoms with Crippen molar-refractivity contribution in [1.29, 1.82) is 0 Å². The van der Waals surface area contributed by atoms with E-state index < -0.39 is 0 Å². The highest BCUT2D eigenvalue weighted by Gasteiger charge is 2.05. The molecule has 12 heavy (non-hydrogen) atoms. The zero-order valence-corrected chi connectivity index (χ0v) is 7.26. The summed E-state index contributed by atoms with van der Waals surface area (Å²) >= 11 is 0. The van der Waals surface area contributed by atoms with Crippen LogP contribution in [0.25, 0.3) is 0 Å². The number of hydrogen-bond donors (Lipinski definition) is 1. The van der Waals surface area contributed by atoms with E-state index in [4.69, 9.17) is 15.2 Å². The third-order valence-electron chi connectivity index (χ3n) is 1.65. The van der Waals surface area contributed by atoms with Crippen LogP contribution in [0.15, 0.2) is 12.1 Å². The molecule has 0 aliphatic carbocycles. The van der Waals surface area contributed by atoms with Crippen LogP contribution in [0.4, 0.5) is 5.69 Å². The molecule has 1 aromatic carbocycles. The molecule has 3 heteroatoms. The van der Waals surface area contributed by atoms with Crippen LogP contribution in [-0.2, 0) is 0 Å². The Morgan fingerprint density at radius 3 is 2.17 bits per heavy atom. The highest BCUT2D eigenvalue weighted by atomic mass is 16.5. The fraction of sp³-hybridized carbons (Fsp3) is 0.222. The van der Waals surface area contributed by atoms with Crippen LogP contribution < -0.4 is 15.2 Å². The number of anilines is 1. The molecule has 0 amide bonds. The molecule has 0 heterocycles. The molecule has 0 aliphatic rings. The normalized spacial score (nSPS) is 9.58. The van der Waals surface area contributed by atoms with Gasteiger partial charge in [0, 0.05) is 11.8 Å². The average Bonchev–Trinajstić information content (AvgIpc) is 2.09. The first kappa shape index (κ1) is 8.71. The summed E-state index contributed by atoms with van der Waals surface area (Å²) in [6.07, 6.45) is 0. The van der Waals surface area contributed by atoms with Gasteiger partial charge < -0.3 is 15.2 Å². The number of nitrogen functional groups attached to an aromatic ring is 1. The van der Waals surface area contributed by atoms with Gasteiger partial charge in [-0.05, 0) is 18.6 Å². The Balaban J connectivity index is 3.19. The van der Waals surface area contributed by atoms with Gasteiger partial charge in [-0.25, -0.2) is 0 Å². The number of methoxy groups -OCH3 is 2. The Morgan fingerprint density at radius 1 is 1.17 bits per heavy atom. The van der Waals surface area contributed by atoms with Crippen LogP contribution in [0.5, 0.6) is 11.5 Å². The smallest absolute Gasteiger partial charge is 0.162 e. The zero-order valence-electron chi connectivity index (χ0n) is 7.26. The van der Waals surface area contributed by atoms with Gasteiger partial charge in [-0.3, -0.25) is 0 Å². The van der Waals surface area contributed by atoms with E-state index >= 15 is 0 Å². The van der Waals surface area contributed by atoms with Crippen LogP contribution >= 0.6 is 0 Å². The maximum Gasteiger partial charge on any atom is 0.162 e. The number of ether oxygens (including phenoxy) is 2. The van der Waals surface area contributed by atoms with E-state index in [1.807, 2.05) is 0 Å². The molecule has 1 radical (unpaired) electrons. The van der Waals surface area contributed by atoms with E-state index in [1.165, 1.54) is 0 Å². The Kier molecular flexibility index (Phi) is 2.43. The quantitative estimate of drug-likeness (QED) is 0.676. The van der Waals surface area contributed by atoms with Crippen LogP contribution in [0.1, 0.15) is 5.56 Å². The molecule has 2 N–H and O–H groups in total. The van der Waals surface area contributed by atoms with E-state index in [9.17, 15) is 0 Å². The number of hydrogen-bond acceptors (Lipinski definition) is 3. The first-order chi connectivity index (χ1) is 5.69. The van der Waals surface area contributed by atoms with Gasteiger partial charge in [0.1, 0.15) is 0 Å². The molecule has 65 valence electrons. The second kappa shape index (κ2) is 3.34. The predicted molar refractivity (Wildman–Crippen MR) is 48.4 cm³/mol. The Labute approximate surface area is 72.1 Å². The molecule has 0 aromatic heterocycles. The van der Waals surface area contributed by atoms with Gasteiger partial charge in [0.15, 0.2) is 11.5 Å². The lowest BCUT2D eigenvalue weighted by Gasteiger charge is -2.09. The molecule has 0 saturated heterocycles. The lowest BCUT2D eigenvalue weighted by molar-refractivity contribution is 0.355.